The molecule has 2 nitrogen and oxygen atoms in total. The molecule has 0 aromatic heterocycles. The first-order valence-electron chi connectivity index (χ1n) is 4.12. The predicted octanol–water partition coefficient (Wildman–Crippen LogP) is 1.48. The minimum atomic E-state index is 0.196. The van der Waals surface area contributed by atoms with Crippen molar-refractivity contribution in [2.75, 3.05) is 6.54 Å². The fourth-order valence-electron chi connectivity index (χ4n) is 1.45. The molecular weight excluding hydrogens is 138 g/mol. The first-order chi connectivity index (χ1) is 5.20. The number of amides is 1. The molecule has 0 aromatic carbocycles. The molecule has 1 heterocycles. The third-order valence-corrected chi connectivity index (χ3v) is 1.99. The Kier molecular flexibility index (Phi) is 2.69. The van der Waals surface area contributed by atoms with Crippen LogP contribution in [0.4, 0.5) is 0 Å². The van der Waals surface area contributed by atoms with Gasteiger partial charge in [-0.1, -0.05) is 5.57 Å². The normalized spacial score (nSPS) is 24.5. The summed E-state index contributed by atoms with van der Waals surface area (Å²) in [6.07, 6.45) is 2.99. The van der Waals surface area contributed by atoms with Gasteiger partial charge in [-0.3, -0.25) is 4.79 Å². The van der Waals surface area contributed by atoms with Crippen molar-refractivity contribution in [1.82, 2.24) is 5.32 Å². The van der Waals surface area contributed by atoms with E-state index in [0.717, 1.165) is 31.4 Å². The number of piperidine rings is 1. The molecule has 0 bridgehead atoms. The second-order valence-electron chi connectivity index (χ2n) is 3.29. The standard InChI is InChI=1S/C9H15NO/c1-7(2)6-8-4-3-5-10-9(8)11/h8H,1,3-6H2,2H3,(H,10,11). The van der Waals surface area contributed by atoms with Crippen LogP contribution in [0.25, 0.3) is 0 Å². The van der Waals surface area contributed by atoms with E-state index in [2.05, 4.69) is 11.9 Å². The smallest absolute Gasteiger partial charge is 0.223 e. The predicted molar refractivity (Wildman–Crippen MR) is 45.2 cm³/mol. The molecule has 1 atom stereocenters. The van der Waals surface area contributed by atoms with Gasteiger partial charge in [0.25, 0.3) is 0 Å². The summed E-state index contributed by atoms with van der Waals surface area (Å²) in [6, 6.07) is 0. The zero-order chi connectivity index (χ0) is 8.27. The molecule has 0 aliphatic carbocycles. The molecule has 1 unspecified atom stereocenters. The highest BCUT2D eigenvalue weighted by Gasteiger charge is 2.21. The van der Waals surface area contributed by atoms with Gasteiger partial charge in [-0.2, -0.15) is 0 Å². The van der Waals surface area contributed by atoms with E-state index in [-0.39, 0.29) is 11.8 Å². The Balaban J connectivity index is 2.42. The maximum Gasteiger partial charge on any atom is 0.223 e. The third-order valence-electron chi connectivity index (χ3n) is 1.99. The molecule has 1 fully saturated rings. The Hall–Kier alpha value is -0.790. The fourth-order valence-corrected chi connectivity index (χ4v) is 1.45. The molecule has 62 valence electrons. The summed E-state index contributed by atoms with van der Waals surface area (Å²) >= 11 is 0. The van der Waals surface area contributed by atoms with Crippen LogP contribution in [-0.2, 0) is 4.79 Å². The molecule has 1 aliphatic heterocycles. The summed E-state index contributed by atoms with van der Waals surface area (Å²) in [5.74, 6) is 0.403. The van der Waals surface area contributed by atoms with E-state index in [1.54, 1.807) is 0 Å². The van der Waals surface area contributed by atoms with Crippen molar-refractivity contribution >= 4 is 5.91 Å². The minimum absolute atomic E-state index is 0.196. The highest BCUT2D eigenvalue weighted by Crippen LogP contribution is 2.18. The third kappa shape index (κ3) is 2.37. The van der Waals surface area contributed by atoms with Gasteiger partial charge in [0.2, 0.25) is 5.91 Å². The van der Waals surface area contributed by atoms with Crippen molar-refractivity contribution in [2.45, 2.75) is 26.2 Å². The van der Waals surface area contributed by atoms with Gasteiger partial charge in [-0.25, -0.2) is 0 Å². The molecule has 11 heavy (non-hydrogen) atoms. The minimum Gasteiger partial charge on any atom is -0.356 e. The highest BCUT2D eigenvalue weighted by atomic mass is 16.1. The summed E-state index contributed by atoms with van der Waals surface area (Å²) in [5, 5.41) is 2.86. The monoisotopic (exact) mass is 153 g/mol. The number of carbonyl (C=O) groups excluding carboxylic acids is 1. The van der Waals surface area contributed by atoms with E-state index in [0.29, 0.717) is 0 Å². The van der Waals surface area contributed by atoms with Crippen LogP contribution in [0.3, 0.4) is 0 Å². The Labute approximate surface area is 67.7 Å². The van der Waals surface area contributed by atoms with E-state index in [1.165, 1.54) is 0 Å². The molecular formula is C9H15NO. The van der Waals surface area contributed by atoms with Crippen molar-refractivity contribution in [3.63, 3.8) is 0 Å². The van der Waals surface area contributed by atoms with Crippen LogP contribution in [-0.4, -0.2) is 12.5 Å². The summed E-state index contributed by atoms with van der Waals surface area (Å²) < 4.78 is 0. The molecule has 1 N–H and O–H groups in total. The van der Waals surface area contributed by atoms with Crippen molar-refractivity contribution in [2.24, 2.45) is 5.92 Å². The molecule has 0 aromatic rings. The second-order valence-corrected chi connectivity index (χ2v) is 3.29. The lowest BCUT2D eigenvalue weighted by Crippen LogP contribution is -2.36. The van der Waals surface area contributed by atoms with Crippen LogP contribution < -0.4 is 5.32 Å². The van der Waals surface area contributed by atoms with E-state index >= 15 is 0 Å². The van der Waals surface area contributed by atoms with Gasteiger partial charge in [0.05, 0.1) is 0 Å². The average molecular weight is 153 g/mol. The summed E-state index contributed by atoms with van der Waals surface area (Å²) in [5.41, 5.74) is 1.10. The van der Waals surface area contributed by atoms with Gasteiger partial charge >= 0.3 is 0 Å². The van der Waals surface area contributed by atoms with Gasteiger partial charge < -0.3 is 5.32 Å². The van der Waals surface area contributed by atoms with Crippen molar-refractivity contribution in [3.8, 4) is 0 Å². The second kappa shape index (κ2) is 3.56. The van der Waals surface area contributed by atoms with E-state index < -0.39 is 0 Å². The zero-order valence-corrected chi connectivity index (χ0v) is 7.02. The summed E-state index contributed by atoms with van der Waals surface area (Å²) in [4.78, 5) is 11.2. The average Bonchev–Trinajstić information content (AvgIpc) is 1.93. The van der Waals surface area contributed by atoms with E-state index in [9.17, 15) is 4.79 Å². The van der Waals surface area contributed by atoms with Gasteiger partial charge in [-0.05, 0) is 26.2 Å². The summed E-state index contributed by atoms with van der Waals surface area (Å²) in [7, 11) is 0. The SMILES string of the molecule is C=C(C)CC1CCCNC1=O. The number of allylic oxidation sites excluding steroid dienone is 1. The van der Waals surface area contributed by atoms with Crippen molar-refractivity contribution in [1.29, 1.82) is 0 Å². The van der Waals surface area contributed by atoms with Gasteiger partial charge in [0, 0.05) is 12.5 Å². The van der Waals surface area contributed by atoms with E-state index in [1.807, 2.05) is 6.92 Å². The first kappa shape index (κ1) is 8.31. The first-order valence-corrected chi connectivity index (χ1v) is 4.12. The van der Waals surface area contributed by atoms with Gasteiger partial charge in [0.1, 0.15) is 0 Å². The number of rotatable bonds is 2. The van der Waals surface area contributed by atoms with Crippen molar-refractivity contribution in [3.05, 3.63) is 12.2 Å². The molecule has 1 amide bonds. The number of carbonyl (C=O) groups is 1. The quantitative estimate of drug-likeness (QED) is 0.598. The lowest BCUT2D eigenvalue weighted by atomic mass is 9.92. The highest BCUT2D eigenvalue weighted by molar-refractivity contribution is 5.79. The Morgan fingerprint density at radius 2 is 2.55 bits per heavy atom. The van der Waals surface area contributed by atoms with Crippen LogP contribution >= 0.6 is 0 Å². The lowest BCUT2D eigenvalue weighted by molar-refractivity contribution is -0.126. The lowest BCUT2D eigenvalue weighted by Gasteiger charge is -2.21. The van der Waals surface area contributed by atoms with Crippen LogP contribution in [0, 0.1) is 5.92 Å². The Morgan fingerprint density at radius 3 is 3.09 bits per heavy atom. The molecule has 2 heteroatoms. The Morgan fingerprint density at radius 1 is 1.82 bits per heavy atom. The zero-order valence-electron chi connectivity index (χ0n) is 7.02. The number of nitrogens with one attached hydrogen (secondary N) is 1. The van der Waals surface area contributed by atoms with Crippen molar-refractivity contribution < 1.29 is 4.79 Å². The topological polar surface area (TPSA) is 29.1 Å². The molecule has 1 saturated heterocycles. The summed E-state index contributed by atoms with van der Waals surface area (Å²) in [6.45, 7) is 6.63. The van der Waals surface area contributed by atoms with Gasteiger partial charge in [0.15, 0.2) is 0 Å². The molecule has 1 rings (SSSR count). The van der Waals surface area contributed by atoms with Crippen LogP contribution in [0.5, 0.6) is 0 Å². The van der Waals surface area contributed by atoms with Crippen LogP contribution in [0.15, 0.2) is 12.2 Å². The maximum atomic E-state index is 11.2. The molecule has 0 radical (unpaired) electrons. The van der Waals surface area contributed by atoms with Gasteiger partial charge in [-0.15, -0.1) is 6.58 Å². The molecule has 0 spiro atoms. The Bertz CT molecular complexity index is 174. The molecule has 1 aliphatic rings. The van der Waals surface area contributed by atoms with E-state index in [4.69, 9.17) is 0 Å². The van der Waals surface area contributed by atoms with Crippen LogP contribution in [0.2, 0.25) is 0 Å². The van der Waals surface area contributed by atoms with Crippen LogP contribution in [0.1, 0.15) is 26.2 Å². The number of hydrogen-bond acceptors (Lipinski definition) is 1. The largest absolute Gasteiger partial charge is 0.356 e. The molecule has 0 saturated carbocycles. The fraction of sp³-hybridized carbons (Fsp3) is 0.667. The number of hydrogen-bond donors (Lipinski definition) is 1. The maximum absolute atomic E-state index is 11.2.